The van der Waals surface area contributed by atoms with Crippen LogP contribution >= 0.6 is 0 Å². The number of halogens is 5. The molecule has 6 nitrogen and oxygen atoms in total. The Labute approximate surface area is 160 Å². The Morgan fingerprint density at radius 1 is 1.17 bits per heavy atom. The maximum absolute atomic E-state index is 14.3. The van der Waals surface area contributed by atoms with Crippen molar-refractivity contribution in [2.75, 3.05) is 16.8 Å². The van der Waals surface area contributed by atoms with Gasteiger partial charge in [-0.1, -0.05) is 0 Å². The second-order valence-electron chi connectivity index (χ2n) is 6.57. The molecule has 1 unspecified atom stereocenters. The first-order valence-corrected chi connectivity index (χ1v) is 8.68. The fraction of sp³-hybridized carbons (Fsp3) is 0.278. The van der Waals surface area contributed by atoms with Crippen LogP contribution in [0.1, 0.15) is 24.4 Å². The minimum absolute atomic E-state index is 0.181. The van der Waals surface area contributed by atoms with Crippen molar-refractivity contribution in [1.82, 2.24) is 14.6 Å². The molecule has 0 bridgehead atoms. The molecule has 1 aromatic carbocycles. The standard InChI is InChI=1S/C18H14F5N5O/c19-10-3-4-12(20)11(8-10)13-2-1-7-27(13)15-6-5-14-24-9-16(28(14)26-15)25-17(29)18(21,22)23/h3-6,8-9,13H,1-2,7H2,(H,25,29). The minimum atomic E-state index is -5.06. The number of carbonyl (C=O) groups is 1. The van der Waals surface area contributed by atoms with Gasteiger partial charge in [-0.3, -0.25) is 4.79 Å². The number of alkyl halides is 3. The van der Waals surface area contributed by atoms with Crippen LogP contribution in [0.4, 0.5) is 33.6 Å². The topological polar surface area (TPSA) is 62.5 Å². The molecule has 29 heavy (non-hydrogen) atoms. The van der Waals surface area contributed by atoms with Crippen LogP contribution < -0.4 is 10.2 Å². The van der Waals surface area contributed by atoms with Crippen molar-refractivity contribution in [1.29, 1.82) is 0 Å². The van der Waals surface area contributed by atoms with Crippen molar-refractivity contribution in [2.45, 2.75) is 25.1 Å². The van der Waals surface area contributed by atoms with Crippen LogP contribution in [0.15, 0.2) is 36.5 Å². The third-order valence-electron chi connectivity index (χ3n) is 4.71. The molecule has 0 radical (unpaired) electrons. The van der Waals surface area contributed by atoms with E-state index in [0.717, 1.165) is 28.9 Å². The summed E-state index contributed by atoms with van der Waals surface area (Å²) in [7, 11) is 0. The number of aromatic nitrogens is 3. The predicted molar refractivity (Wildman–Crippen MR) is 93.4 cm³/mol. The number of hydrogen-bond acceptors (Lipinski definition) is 4. The van der Waals surface area contributed by atoms with Gasteiger partial charge in [0.25, 0.3) is 0 Å². The summed E-state index contributed by atoms with van der Waals surface area (Å²) in [6, 6.07) is 5.84. The lowest BCUT2D eigenvalue weighted by molar-refractivity contribution is -0.167. The number of anilines is 2. The second-order valence-corrected chi connectivity index (χ2v) is 6.57. The molecule has 11 heteroatoms. The van der Waals surface area contributed by atoms with E-state index in [4.69, 9.17) is 0 Å². The van der Waals surface area contributed by atoms with Crippen LogP contribution in [0.3, 0.4) is 0 Å². The molecule has 0 saturated carbocycles. The molecule has 1 atom stereocenters. The molecular weight excluding hydrogens is 397 g/mol. The number of nitrogens with one attached hydrogen (secondary N) is 1. The highest BCUT2D eigenvalue weighted by Crippen LogP contribution is 2.36. The van der Waals surface area contributed by atoms with E-state index < -0.39 is 29.8 Å². The molecule has 1 aliphatic rings. The zero-order chi connectivity index (χ0) is 20.8. The Kier molecular flexibility index (Phi) is 4.59. The molecule has 3 aromatic rings. The molecule has 1 N–H and O–H groups in total. The van der Waals surface area contributed by atoms with Gasteiger partial charge in [-0.05, 0) is 43.2 Å². The highest BCUT2D eigenvalue weighted by atomic mass is 19.4. The Bertz CT molecular complexity index is 1080. The fourth-order valence-corrected chi connectivity index (χ4v) is 3.42. The Morgan fingerprint density at radius 2 is 1.97 bits per heavy atom. The zero-order valence-electron chi connectivity index (χ0n) is 14.7. The lowest BCUT2D eigenvalue weighted by atomic mass is 10.0. The molecular formula is C18H14F5N5O. The number of imidazole rings is 1. The first kappa shape index (κ1) is 19.1. The summed E-state index contributed by atoms with van der Waals surface area (Å²) in [4.78, 5) is 16.9. The molecule has 4 rings (SSSR count). The summed E-state index contributed by atoms with van der Waals surface area (Å²) in [5, 5.41) is 5.99. The van der Waals surface area contributed by atoms with Gasteiger partial charge in [0, 0.05) is 12.1 Å². The van der Waals surface area contributed by atoms with Crippen molar-refractivity contribution in [3.8, 4) is 0 Å². The van der Waals surface area contributed by atoms with Crippen LogP contribution in [0, 0.1) is 11.6 Å². The van der Waals surface area contributed by atoms with E-state index in [1.807, 2.05) is 0 Å². The van der Waals surface area contributed by atoms with Gasteiger partial charge in [-0.15, -0.1) is 5.10 Å². The SMILES string of the molecule is O=C(Nc1cnc2ccc(N3CCCC3c3cc(F)ccc3F)nn12)C(F)(F)F. The van der Waals surface area contributed by atoms with E-state index in [2.05, 4.69) is 10.1 Å². The maximum Gasteiger partial charge on any atom is 0.471 e. The molecule has 152 valence electrons. The largest absolute Gasteiger partial charge is 0.471 e. The Hall–Kier alpha value is -3.24. The minimum Gasteiger partial charge on any atom is -0.348 e. The number of fused-ring (bicyclic) bond motifs is 1. The third-order valence-corrected chi connectivity index (χ3v) is 4.71. The number of hydrogen-bond donors (Lipinski definition) is 1. The number of benzene rings is 1. The molecule has 1 saturated heterocycles. The average Bonchev–Trinajstić information content (AvgIpc) is 3.30. The van der Waals surface area contributed by atoms with Crippen LogP contribution in [0.25, 0.3) is 5.65 Å². The number of carbonyl (C=O) groups excluding carboxylic acids is 1. The molecule has 3 heterocycles. The lowest BCUT2D eigenvalue weighted by Gasteiger charge is -2.26. The summed E-state index contributed by atoms with van der Waals surface area (Å²) >= 11 is 0. The maximum atomic E-state index is 14.3. The quantitative estimate of drug-likeness (QED) is 0.665. The van der Waals surface area contributed by atoms with Crippen molar-refractivity contribution in [3.63, 3.8) is 0 Å². The van der Waals surface area contributed by atoms with Gasteiger partial charge in [-0.25, -0.2) is 13.8 Å². The van der Waals surface area contributed by atoms with E-state index in [-0.39, 0.29) is 17.0 Å². The first-order chi connectivity index (χ1) is 13.7. The number of amides is 1. The first-order valence-electron chi connectivity index (χ1n) is 8.68. The van der Waals surface area contributed by atoms with Crippen LogP contribution in [-0.4, -0.2) is 33.2 Å². The van der Waals surface area contributed by atoms with Gasteiger partial charge < -0.3 is 10.2 Å². The zero-order valence-corrected chi connectivity index (χ0v) is 14.7. The second kappa shape index (κ2) is 6.98. The van der Waals surface area contributed by atoms with Crippen LogP contribution in [0.5, 0.6) is 0 Å². The van der Waals surface area contributed by atoms with E-state index >= 15 is 0 Å². The predicted octanol–water partition coefficient (Wildman–Crippen LogP) is 3.85. The molecule has 0 spiro atoms. The summed E-state index contributed by atoms with van der Waals surface area (Å²) in [5.74, 6) is -3.18. The van der Waals surface area contributed by atoms with Crippen molar-refractivity contribution >= 4 is 23.2 Å². The van der Waals surface area contributed by atoms with E-state index in [1.54, 1.807) is 16.3 Å². The fourth-order valence-electron chi connectivity index (χ4n) is 3.42. The van der Waals surface area contributed by atoms with Gasteiger partial charge in [0.15, 0.2) is 11.5 Å². The molecule has 1 aliphatic heterocycles. The summed E-state index contributed by atoms with van der Waals surface area (Å²) in [5.41, 5.74) is 0.402. The van der Waals surface area contributed by atoms with E-state index in [1.165, 1.54) is 6.07 Å². The Balaban J connectivity index is 1.69. The third kappa shape index (κ3) is 3.59. The highest BCUT2D eigenvalue weighted by Gasteiger charge is 2.39. The number of rotatable bonds is 3. The van der Waals surface area contributed by atoms with Gasteiger partial charge in [0.05, 0.1) is 12.2 Å². The molecule has 1 fully saturated rings. The van der Waals surface area contributed by atoms with Gasteiger partial charge >= 0.3 is 12.1 Å². The Morgan fingerprint density at radius 3 is 2.72 bits per heavy atom. The van der Waals surface area contributed by atoms with Crippen molar-refractivity contribution in [3.05, 3.63) is 53.7 Å². The molecule has 2 aromatic heterocycles. The summed E-state index contributed by atoms with van der Waals surface area (Å²) in [6.07, 6.45) is -2.75. The van der Waals surface area contributed by atoms with E-state index in [9.17, 15) is 26.7 Å². The molecule has 1 amide bonds. The van der Waals surface area contributed by atoms with Crippen molar-refractivity contribution in [2.24, 2.45) is 0 Å². The average molecular weight is 411 g/mol. The lowest BCUT2D eigenvalue weighted by Crippen LogP contribution is -2.30. The van der Waals surface area contributed by atoms with Crippen LogP contribution in [0.2, 0.25) is 0 Å². The summed E-state index contributed by atoms with van der Waals surface area (Å²) < 4.78 is 66.6. The monoisotopic (exact) mass is 411 g/mol. The normalized spacial score (nSPS) is 17.1. The van der Waals surface area contributed by atoms with Crippen molar-refractivity contribution < 1.29 is 26.7 Å². The van der Waals surface area contributed by atoms with Gasteiger partial charge in [-0.2, -0.15) is 17.7 Å². The smallest absolute Gasteiger partial charge is 0.348 e. The van der Waals surface area contributed by atoms with Gasteiger partial charge in [0.2, 0.25) is 0 Å². The van der Waals surface area contributed by atoms with Crippen LogP contribution in [-0.2, 0) is 4.79 Å². The van der Waals surface area contributed by atoms with E-state index in [0.29, 0.717) is 25.2 Å². The summed E-state index contributed by atoms with van der Waals surface area (Å²) in [6.45, 7) is 0.498. The molecule has 0 aliphatic carbocycles. The highest BCUT2D eigenvalue weighted by molar-refractivity contribution is 5.94. The number of nitrogens with zero attached hydrogens (tertiary/aromatic N) is 4. The van der Waals surface area contributed by atoms with Gasteiger partial charge in [0.1, 0.15) is 17.5 Å².